The molecule has 24 heavy (non-hydrogen) atoms. The van der Waals surface area contributed by atoms with Crippen molar-refractivity contribution in [3.63, 3.8) is 0 Å². The van der Waals surface area contributed by atoms with Gasteiger partial charge in [-0.15, -0.1) is 0 Å². The summed E-state index contributed by atoms with van der Waals surface area (Å²) in [5, 5.41) is 3.54. The lowest BCUT2D eigenvalue weighted by atomic mass is 10.2. The molecule has 0 fully saturated rings. The first-order valence-corrected chi connectivity index (χ1v) is 7.22. The molecule has 0 unspecified atom stereocenters. The molecule has 0 atom stereocenters. The number of ether oxygens (including phenoxy) is 1. The van der Waals surface area contributed by atoms with Crippen molar-refractivity contribution in [2.45, 2.75) is 33.1 Å². The summed E-state index contributed by atoms with van der Waals surface area (Å²) >= 11 is 5.87. The standard InChI is InChI=1S/C15H13ClF4N2O2/c1-7(2)24-13-6-12(11(17)5-10(13)16)22-14(23)4-9(8(3)21-22)15(18,19)20/h4-7H,1-3H3. The average molecular weight is 365 g/mol. The smallest absolute Gasteiger partial charge is 0.418 e. The van der Waals surface area contributed by atoms with Crippen molar-refractivity contribution < 1.29 is 22.3 Å². The van der Waals surface area contributed by atoms with Crippen LogP contribution in [0.5, 0.6) is 5.75 Å². The van der Waals surface area contributed by atoms with Crippen LogP contribution in [0.4, 0.5) is 17.6 Å². The van der Waals surface area contributed by atoms with Gasteiger partial charge in [-0.2, -0.15) is 23.0 Å². The topological polar surface area (TPSA) is 44.1 Å². The van der Waals surface area contributed by atoms with E-state index in [0.717, 1.165) is 19.1 Å². The summed E-state index contributed by atoms with van der Waals surface area (Å²) in [5.74, 6) is -0.820. The zero-order valence-electron chi connectivity index (χ0n) is 12.9. The highest BCUT2D eigenvalue weighted by atomic mass is 35.5. The Bertz CT molecular complexity index is 831. The molecule has 0 radical (unpaired) electrons. The minimum Gasteiger partial charge on any atom is -0.489 e. The van der Waals surface area contributed by atoms with E-state index in [4.69, 9.17) is 16.3 Å². The van der Waals surface area contributed by atoms with Gasteiger partial charge in [0.2, 0.25) is 0 Å². The SMILES string of the molecule is Cc1nn(-c2cc(OC(C)C)c(Cl)cc2F)c(=O)cc1C(F)(F)F. The van der Waals surface area contributed by atoms with Gasteiger partial charge in [-0.3, -0.25) is 4.79 Å². The van der Waals surface area contributed by atoms with E-state index in [2.05, 4.69) is 5.10 Å². The van der Waals surface area contributed by atoms with Crippen molar-refractivity contribution in [3.8, 4) is 11.4 Å². The van der Waals surface area contributed by atoms with Gasteiger partial charge < -0.3 is 4.74 Å². The molecule has 0 aliphatic heterocycles. The molecule has 0 spiro atoms. The van der Waals surface area contributed by atoms with Crippen LogP contribution in [-0.4, -0.2) is 15.9 Å². The van der Waals surface area contributed by atoms with E-state index in [1.165, 1.54) is 0 Å². The van der Waals surface area contributed by atoms with Gasteiger partial charge in [-0.25, -0.2) is 4.39 Å². The lowest BCUT2D eigenvalue weighted by Gasteiger charge is -2.15. The number of aromatic nitrogens is 2. The maximum Gasteiger partial charge on any atom is 0.418 e. The van der Waals surface area contributed by atoms with E-state index in [1.807, 2.05) is 0 Å². The van der Waals surface area contributed by atoms with Crippen molar-refractivity contribution in [1.29, 1.82) is 0 Å². The fraction of sp³-hybridized carbons (Fsp3) is 0.333. The fourth-order valence-electron chi connectivity index (χ4n) is 2.03. The predicted octanol–water partition coefficient (Wildman–Crippen LogP) is 4.14. The summed E-state index contributed by atoms with van der Waals surface area (Å²) in [5.41, 5.74) is -3.10. The molecule has 9 heteroatoms. The Morgan fingerprint density at radius 3 is 2.42 bits per heavy atom. The highest BCUT2D eigenvalue weighted by Gasteiger charge is 2.34. The van der Waals surface area contributed by atoms with Crippen molar-refractivity contribution in [2.75, 3.05) is 0 Å². The normalized spacial score (nSPS) is 11.9. The lowest BCUT2D eigenvalue weighted by molar-refractivity contribution is -0.138. The van der Waals surface area contributed by atoms with Crippen LogP contribution >= 0.6 is 11.6 Å². The third-order valence-corrected chi connectivity index (χ3v) is 3.31. The molecule has 0 saturated carbocycles. The molecule has 0 amide bonds. The zero-order chi connectivity index (χ0) is 18.2. The van der Waals surface area contributed by atoms with Crippen LogP contribution in [0.2, 0.25) is 5.02 Å². The minimum absolute atomic E-state index is 0.0263. The minimum atomic E-state index is -4.72. The molecule has 0 aliphatic rings. The van der Waals surface area contributed by atoms with Gasteiger partial charge in [-0.1, -0.05) is 11.6 Å². The number of halogens is 5. The maximum absolute atomic E-state index is 14.1. The van der Waals surface area contributed by atoms with Crippen LogP contribution in [0.1, 0.15) is 25.1 Å². The zero-order valence-corrected chi connectivity index (χ0v) is 13.7. The Morgan fingerprint density at radius 1 is 1.25 bits per heavy atom. The first kappa shape index (κ1) is 18.3. The van der Waals surface area contributed by atoms with Crippen LogP contribution in [0, 0.1) is 12.7 Å². The average Bonchev–Trinajstić information content (AvgIpc) is 2.42. The van der Waals surface area contributed by atoms with E-state index in [1.54, 1.807) is 13.8 Å². The van der Waals surface area contributed by atoms with Crippen molar-refractivity contribution in [1.82, 2.24) is 9.78 Å². The van der Waals surface area contributed by atoms with E-state index < -0.39 is 28.8 Å². The van der Waals surface area contributed by atoms with Crippen molar-refractivity contribution >= 4 is 11.6 Å². The number of hydrogen-bond acceptors (Lipinski definition) is 3. The van der Waals surface area contributed by atoms with E-state index in [-0.39, 0.29) is 22.6 Å². The summed E-state index contributed by atoms with van der Waals surface area (Å²) in [7, 11) is 0. The molecule has 2 aromatic rings. The van der Waals surface area contributed by atoms with Gasteiger partial charge in [0, 0.05) is 12.1 Å². The number of nitrogens with zero attached hydrogens (tertiary/aromatic N) is 2. The molecule has 0 aliphatic carbocycles. The Balaban J connectivity index is 2.64. The third-order valence-electron chi connectivity index (χ3n) is 3.01. The predicted molar refractivity (Wildman–Crippen MR) is 80.3 cm³/mol. The van der Waals surface area contributed by atoms with Crippen LogP contribution in [0.15, 0.2) is 23.0 Å². The lowest BCUT2D eigenvalue weighted by Crippen LogP contribution is -2.26. The summed E-state index contributed by atoms with van der Waals surface area (Å²) in [6, 6.07) is 2.41. The van der Waals surface area contributed by atoms with Crippen LogP contribution in [-0.2, 0) is 6.18 Å². The Kier molecular flexibility index (Phi) is 4.89. The molecule has 0 saturated heterocycles. The molecule has 2 rings (SSSR count). The van der Waals surface area contributed by atoms with E-state index in [0.29, 0.717) is 10.7 Å². The highest BCUT2D eigenvalue weighted by Crippen LogP contribution is 2.32. The second-order valence-corrected chi connectivity index (χ2v) is 5.70. The number of benzene rings is 1. The van der Waals surface area contributed by atoms with Crippen LogP contribution < -0.4 is 10.3 Å². The molecule has 1 aromatic carbocycles. The maximum atomic E-state index is 14.1. The number of rotatable bonds is 3. The number of aryl methyl sites for hydroxylation is 1. The molecular formula is C15H13ClF4N2O2. The van der Waals surface area contributed by atoms with Gasteiger partial charge in [0.05, 0.1) is 22.4 Å². The molecule has 0 N–H and O–H groups in total. The summed E-state index contributed by atoms with van der Waals surface area (Å²) < 4.78 is 58.5. The molecule has 4 nitrogen and oxygen atoms in total. The van der Waals surface area contributed by atoms with Gasteiger partial charge in [0.25, 0.3) is 5.56 Å². The second-order valence-electron chi connectivity index (χ2n) is 5.29. The quantitative estimate of drug-likeness (QED) is 0.769. The monoisotopic (exact) mass is 364 g/mol. The van der Waals surface area contributed by atoms with E-state index in [9.17, 15) is 22.4 Å². The molecule has 1 aromatic heterocycles. The van der Waals surface area contributed by atoms with Gasteiger partial charge in [0.15, 0.2) is 5.82 Å². The van der Waals surface area contributed by atoms with Gasteiger partial charge in [0.1, 0.15) is 11.4 Å². The fourth-order valence-corrected chi connectivity index (χ4v) is 2.22. The van der Waals surface area contributed by atoms with Gasteiger partial charge >= 0.3 is 6.18 Å². The van der Waals surface area contributed by atoms with Crippen LogP contribution in [0.25, 0.3) is 5.69 Å². The highest BCUT2D eigenvalue weighted by molar-refractivity contribution is 6.32. The Labute approximate surface area is 139 Å². The van der Waals surface area contributed by atoms with Gasteiger partial charge in [-0.05, 0) is 26.8 Å². The molecule has 130 valence electrons. The second kappa shape index (κ2) is 6.43. The largest absolute Gasteiger partial charge is 0.489 e. The van der Waals surface area contributed by atoms with Crippen molar-refractivity contribution in [2.24, 2.45) is 0 Å². The Hall–Kier alpha value is -2.09. The Morgan fingerprint density at radius 2 is 1.88 bits per heavy atom. The first-order valence-electron chi connectivity index (χ1n) is 6.85. The number of hydrogen-bond donors (Lipinski definition) is 0. The molecule has 0 bridgehead atoms. The summed E-state index contributed by atoms with van der Waals surface area (Å²) in [6.45, 7) is 4.51. The third kappa shape index (κ3) is 3.69. The van der Waals surface area contributed by atoms with Crippen molar-refractivity contribution in [3.05, 3.63) is 50.7 Å². The number of alkyl halides is 3. The summed E-state index contributed by atoms with van der Waals surface area (Å²) in [6.07, 6.45) is -5.00. The summed E-state index contributed by atoms with van der Waals surface area (Å²) in [4.78, 5) is 12.0. The van der Waals surface area contributed by atoms with Crippen LogP contribution in [0.3, 0.4) is 0 Å². The first-order chi connectivity index (χ1) is 11.0. The molecular weight excluding hydrogens is 352 g/mol. The molecule has 1 heterocycles. The van der Waals surface area contributed by atoms with E-state index >= 15 is 0 Å².